The summed E-state index contributed by atoms with van der Waals surface area (Å²) in [6.45, 7) is 4.95. The molecule has 1 aliphatic heterocycles. The van der Waals surface area contributed by atoms with E-state index in [0.29, 0.717) is 0 Å². The molecule has 2 unspecified atom stereocenters. The third-order valence-electron chi connectivity index (χ3n) is 3.66. The van der Waals surface area contributed by atoms with Crippen LogP contribution >= 0.6 is 0 Å². The van der Waals surface area contributed by atoms with E-state index in [9.17, 15) is 5.11 Å². The lowest BCUT2D eigenvalue weighted by Crippen LogP contribution is -2.31. The summed E-state index contributed by atoms with van der Waals surface area (Å²) >= 11 is 0. The molecule has 0 saturated carbocycles. The molecule has 0 spiro atoms. The Morgan fingerprint density at radius 3 is 2.59 bits per heavy atom. The van der Waals surface area contributed by atoms with Crippen LogP contribution in [0.25, 0.3) is 0 Å². The van der Waals surface area contributed by atoms with Crippen LogP contribution < -0.4 is 0 Å². The van der Waals surface area contributed by atoms with Gasteiger partial charge < -0.3 is 9.84 Å². The minimum Gasteiger partial charge on any atom is -0.385 e. The molecule has 0 bridgehead atoms. The first-order valence-electron chi connectivity index (χ1n) is 6.56. The van der Waals surface area contributed by atoms with Gasteiger partial charge in [-0.3, -0.25) is 0 Å². The Morgan fingerprint density at radius 1 is 1.35 bits per heavy atom. The van der Waals surface area contributed by atoms with Crippen LogP contribution in [-0.2, 0) is 11.2 Å². The van der Waals surface area contributed by atoms with Crippen LogP contribution in [0.5, 0.6) is 0 Å². The largest absolute Gasteiger partial charge is 0.385 e. The van der Waals surface area contributed by atoms with Crippen molar-refractivity contribution in [2.75, 3.05) is 6.61 Å². The molecule has 1 aliphatic rings. The highest BCUT2D eigenvalue weighted by atomic mass is 16.5. The number of hydrogen-bond acceptors (Lipinski definition) is 2. The Hall–Kier alpha value is -0.860. The van der Waals surface area contributed by atoms with Gasteiger partial charge in [0.15, 0.2) is 0 Å². The van der Waals surface area contributed by atoms with Crippen molar-refractivity contribution in [1.29, 1.82) is 0 Å². The highest BCUT2D eigenvalue weighted by molar-refractivity contribution is 5.26. The van der Waals surface area contributed by atoms with E-state index in [0.717, 1.165) is 37.9 Å². The Bertz CT molecular complexity index is 350. The number of ether oxygens (including phenoxy) is 1. The third-order valence-corrected chi connectivity index (χ3v) is 3.66. The maximum atomic E-state index is 10.4. The van der Waals surface area contributed by atoms with E-state index in [1.54, 1.807) is 0 Å². The SMILES string of the molecule is CCCc1ccc(C(O)C2(C)CCCO2)cc1. The maximum Gasteiger partial charge on any atom is 0.108 e. The smallest absolute Gasteiger partial charge is 0.108 e. The number of aliphatic hydroxyl groups excluding tert-OH is 1. The molecule has 2 atom stereocenters. The van der Waals surface area contributed by atoms with E-state index in [1.165, 1.54) is 5.56 Å². The van der Waals surface area contributed by atoms with Gasteiger partial charge >= 0.3 is 0 Å². The van der Waals surface area contributed by atoms with Crippen LogP contribution in [0.4, 0.5) is 0 Å². The molecule has 2 nitrogen and oxygen atoms in total. The molecule has 1 N–H and O–H groups in total. The van der Waals surface area contributed by atoms with Crippen LogP contribution in [0.1, 0.15) is 50.3 Å². The van der Waals surface area contributed by atoms with Crippen molar-refractivity contribution in [3.8, 4) is 0 Å². The number of rotatable bonds is 4. The molecule has 0 aliphatic carbocycles. The van der Waals surface area contributed by atoms with Crippen LogP contribution in [0.2, 0.25) is 0 Å². The van der Waals surface area contributed by atoms with E-state index >= 15 is 0 Å². The molecule has 17 heavy (non-hydrogen) atoms. The van der Waals surface area contributed by atoms with Crippen molar-refractivity contribution in [3.05, 3.63) is 35.4 Å². The molecule has 0 amide bonds. The minimum atomic E-state index is -0.513. The lowest BCUT2D eigenvalue weighted by atomic mass is 9.90. The van der Waals surface area contributed by atoms with Gasteiger partial charge in [0.2, 0.25) is 0 Å². The number of benzene rings is 1. The van der Waals surface area contributed by atoms with E-state index in [2.05, 4.69) is 19.1 Å². The zero-order chi connectivity index (χ0) is 12.3. The molecule has 1 aromatic rings. The average Bonchev–Trinajstić information content (AvgIpc) is 2.78. The highest BCUT2D eigenvalue weighted by Gasteiger charge is 2.38. The van der Waals surface area contributed by atoms with Crippen LogP contribution in [0, 0.1) is 0 Å². The quantitative estimate of drug-likeness (QED) is 0.866. The summed E-state index contributed by atoms with van der Waals surface area (Å²) in [7, 11) is 0. The minimum absolute atomic E-state index is 0.397. The summed E-state index contributed by atoms with van der Waals surface area (Å²) in [4.78, 5) is 0. The molecule has 94 valence electrons. The van der Waals surface area contributed by atoms with E-state index in [-0.39, 0.29) is 0 Å². The van der Waals surface area contributed by atoms with Crippen LogP contribution in [0.15, 0.2) is 24.3 Å². The third kappa shape index (κ3) is 2.70. The molecule has 1 heterocycles. The topological polar surface area (TPSA) is 29.5 Å². The van der Waals surface area contributed by atoms with Gasteiger partial charge in [0.1, 0.15) is 6.10 Å². The zero-order valence-corrected chi connectivity index (χ0v) is 10.8. The second kappa shape index (κ2) is 5.19. The predicted molar refractivity (Wildman–Crippen MR) is 69.0 cm³/mol. The van der Waals surface area contributed by atoms with E-state index in [4.69, 9.17) is 4.74 Å². The average molecular weight is 234 g/mol. The summed E-state index contributed by atoms with van der Waals surface area (Å²) in [6, 6.07) is 8.28. The Balaban J connectivity index is 2.11. The molecular formula is C15H22O2. The fourth-order valence-corrected chi connectivity index (χ4v) is 2.52. The zero-order valence-electron chi connectivity index (χ0n) is 10.8. The summed E-state index contributed by atoms with van der Waals surface area (Å²) in [5, 5.41) is 10.4. The van der Waals surface area contributed by atoms with Crippen molar-refractivity contribution in [2.45, 2.75) is 51.2 Å². The van der Waals surface area contributed by atoms with Crippen molar-refractivity contribution in [3.63, 3.8) is 0 Å². The Kier molecular flexibility index (Phi) is 3.85. The van der Waals surface area contributed by atoms with Gasteiger partial charge in [-0.2, -0.15) is 0 Å². The molecular weight excluding hydrogens is 212 g/mol. The van der Waals surface area contributed by atoms with Crippen LogP contribution in [0.3, 0.4) is 0 Å². The summed E-state index contributed by atoms with van der Waals surface area (Å²) in [5.74, 6) is 0. The first kappa shape index (κ1) is 12.6. The Labute approximate surface area is 104 Å². The molecule has 1 saturated heterocycles. The fourth-order valence-electron chi connectivity index (χ4n) is 2.52. The summed E-state index contributed by atoms with van der Waals surface area (Å²) < 4.78 is 5.68. The predicted octanol–water partition coefficient (Wildman–Crippen LogP) is 3.24. The number of aryl methyl sites for hydroxylation is 1. The van der Waals surface area contributed by atoms with Crippen LogP contribution in [-0.4, -0.2) is 17.3 Å². The van der Waals surface area contributed by atoms with Gasteiger partial charge in [0.05, 0.1) is 5.60 Å². The second-order valence-electron chi connectivity index (χ2n) is 5.16. The van der Waals surface area contributed by atoms with Crippen molar-refractivity contribution in [2.24, 2.45) is 0 Å². The summed E-state index contributed by atoms with van der Waals surface area (Å²) in [6.07, 6.45) is 3.72. The molecule has 2 heteroatoms. The molecule has 1 aromatic carbocycles. The van der Waals surface area contributed by atoms with Gasteiger partial charge in [-0.15, -0.1) is 0 Å². The number of aliphatic hydroxyl groups is 1. The maximum absolute atomic E-state index is 10.4. The normalized spacial score (nSPS) is 26.1. The fraction of sp³-hybridized carbons (Fsp3) is 0.600. The van der Waals surface area contributed by atoms with Gasteiger partial charge in [0, 0.05) is 6.61 Å². The number of hydrogen-bond donors (Lipinski definition) is 1. The lowest BCUT2D eigenvalue weighted by Gasteiger charge is -2.29. The van der Waals surface area contributed by atoms with E-state index in [1.807, 2.05) is 19.1 Å². The Morgan fingerprint density at radius 2 is 2.06 bits per heavy atom. The monoisotopic (exact) mass is 234 g/mol. The molecule has 0 aromatic heterocycles. The lowest BCUT2D eigenvalue weighted by molar-refractivity contribution is -0.0796. The summed E-state index contributed by atoms with van der Waals surface area (Å²) in [5.41, 5.74) is 1.90. The first-order valence-corrected chi connectivity index (χ1v) is 6.56. The van der Waals surface area contributed by atoms with Crippen molar-refractivity contribution < 1.29 is 9.84 Å². The standard InChI is InChI=1S/C15H22O2/c1-3-5-12-6-8-13(9-7-12)14(16)15(2)10-4-11-17-15/h6-9,14,16H,3-5,10-11H2,1-2H3. The van der Waals surface area contributed by atoms with E-state index < -0.39 is 11.7 Å². The van der Waals surface area contributed by atoms with Gasteiger partial charge in [-0.25, -0.2) is 0 Å². The highest BCUT2D eigenvalue weighted by Crippen LogP contribution is 2.37. The first-order chi connectivity index (χ1) is 8.15. The van der Waals surface area contributed by atoms with Gasteiger partial charge in [0.25, 0.3) is 0 Å². The van der Waals surface area contributed by atoms with Crippen molar-refractivity contribution >= 4 is 0 Å². The second-order valence-corrected chi connectivity index (χ2v) is 5.16. The molecule has 0 radical (unpaired) electrons. The molecule has 1 fully saturated rings. The van der Waals surface area contributed by atoms with Gasteiger partial charge in [-0.05, 0) is 37.3 Å². The van der Waals surface area contributed by atoms with Crippen molar-refractivity contribution in [1.82, 2.24) is 0 Å². The van der Waals surface area contributed by atoms with Gasteiger partial charge in [-0.1, -0.05) is 37.6 Å². The molecule has 2 rings (SSSR count).